The Morgan fingerprint density at radius 1 is 0.957 bits per heavy atom. The molecule has 1 aliphatic carbocycles. The number of hydrogen-bond donors (Lipinski definition) is 5. The maximum Gasteiger partial charge on any atom is 0.249 e. The van der Waals surface area contributed by atoms with E-state index in [1.165, 1.54) is 20.8 Å². The molecule has 0 radical (unpaired) electrons. The number of nitrogens with one attached hydrogen (secondary N) is 3. The molecule has 1 aromatic rings. The molecule has 1 aliphatic heterocycles. The Balaban J connectivity index is 1.91. The number of sulfone groups is 1. The number of β-amino-alcohol motifs (C(OH)–C–C–N with tert-alkyl or cyclic N) is 1. The molecular formula is C34H56N4O7S. The van der Waals surface area contributed by atoms with Crippen LogP contribution in [0.4, 0.5) is 0 Å². The number of likely N-dealkylation sites (tertiary alicyclic amines) is 1. The summed E-state index contributed by atoms with van der Waals surface area (Å²) < 4.78 is 23.8. The SMILES string of the molecule is C[C@H](O)C(=O)N[C@H](C(=O)N[C@@H](CCc1ccccc1)[C@H](O)CN1C[C@H]2CCCC[C@H]2C[C@H]1C(=O)NC(C)(C)C)C(C)(C)S(C)(=O)=O. The van der Waals surface area contributed by atoms with E-state index in [-0.39, 0.29) is 12.5 Å². The zero-order chi connectivity index (χ0) is 34.4. The third-order valence-electron chi connectivity index (χ3n) is 9.68. The van der Waals surface area contributed by atoms with Gasteiger partial charge in [0.05, 0.1) is 22.9 Å². The van der Waals surface area contributed by atoms with Gasteiger partial charge in [-0.15, -0.1) is 0 Å². The molecule has 1 heterocycles. The number of aliphatic hydroxyl groups excluding tert-OH is 2. The number of hydrogen-bond acceptors (Lipinski definition) is 8. The van der Waals surface area contributed by atoms with Crippen LogP contribution < -0.4 is 16.0 Å². The quantitative estimate of drug-likeness (QED) is 0.214. The topological polar surface area (TPSA) is 165 Å². The van der Waals surface area contributed by atoms with Gasteiger partial charge in [0.2, 0.25) is 17.7 Å². The highest BCUT2D eigenvalue weighted by atomic mass is 32.2. The molecule has 1 aromatic carbocycles. The van der Waals surface area contributed by atoms with Crippen LogP contribution >= 0.6 is 0 Å². The zero-order valence-corrected chi connectivity index (χ0v) is 29.4. The van der Waals surface area contributed by atoms with Crippen LogP contribution in [0.2, 0.25) is 0 Å². The lowest BCUT2D eigenvalue weighted by Crippen LogP contribution is -2.64. The fraction of sp³-hybridized carbons (Fsp3) is 0.735. The van der Waals surface area contributed by atoms with Crippen LogP contribution in [0.1, 0.15) is 85.6 Å². The smallest absolute Gasteiger partial charge is 0.249 e. The van der Waals surface area contributed by atoms with Crippen molar-refractivity contribution >= 4 is 27.6 Å². The number of carbonyl (C=O) groups is 3. The molecule has 0 bridgehead atoms. The first kappa shape index (κ1) is 37.9. The maximum absolute atomic E-state index is 13.9. The molecule has 12 heteroatoms. The van der Waals surface area contributed by atoms with Crippen molar-refractivity contribution < 1.29 is 33.0 Å². The van der Waals surface area contributed by atoms with Gasteiger partial charge in [-0.05, 0) is 84.6 Å². The van der Waals surface area contributed by atoms with Crippen molar-refractivity contribution in [1.82, 2.24) is 20.9 Å². The molecule has 260 valence electrons. The van der Waals surface area contributed by atoms with Crippen LogP contribution in [0.5, 0.6) is 0 Å². The number of fused-ring (bicyclic) bond motifs is 1. The summed E-state index contributed by atoms with van der Waals surface area (Å²) in [5, 5.41) is 30.0. The summed E-state index contributed by atoms with van der Waals surface area (Å²) in [4.78, 5) is 42.0. The van der Waals surface area contributed by atoms with Crippen molar-refractivity contribution in [2.24, 2.45) is 11.8 Å². The molecule has 2 aliphatic rings. The lowest BCUT2D eigenvalue weighted by atomic mass is 9.72. The first-order valence-corrected chi connectivity index (χ1v) is 18.5. The lowest BCUT2D eigenvalue weighted by Gasteiger charge is -2.47. The van der Waals surface area contributed by atoms with Gasteiger partial charge in [0, 0.05) is 24.9 Å². The highest BCUT2D eigenvalue weighted by molar-refractivity contribution is 7.92. The molecule has 7 atom stereocenters. The number of piperidine rings is 1. The molecule has 1 saturated heterocycles. The van der Waals surface area contributed by atoms with Crippen molar-refractivity contribution in [1.29, 1.82) is 0 Å². The van der Waals surface area contributed by atoms with Crippen molar-refractivity contribution in [2.75, 3.05) is 19.3 Å². The van der Waals surface area contributed by atoms with Gasteiger partial charge in [-0.25, -0.2) is 8.42 Å². The van der Waals surface area contributed by atoms with E-state index < -0.39 is 62.3 Å². The van der Waals surface area contributed by atoms with Gasteiger partial charge in [0.15, 0.2) is 9.84 Å². The Kier molecular flexibility index (Phi) is 12.8. The van der Waals surface area contributed by atoms with E-state index in [2.05, 4.69) is 16.0 Å². The van der Waals surface area contributed by atoms with Gasteiger partial charge in [-0.2, -0.15) is 0 Å². The molecule has 5 N–H and O–H groups in total. The van der Waals surface area contributed by atoms with Gasteiger partial charge in [-0.1, -0.05) is 49.6 Å². The van der Waals surface area contributed by atoms with Crippen molar-refractivity contribution in [2.45, 2.75) is 127 Å². The van der Waals surface area contributed by atoms with Gasteiger partial charge in [0.1, 0.15) is 12.1 Å². The second-order valence-electron chi connectivity index (χ2n) is 14.9. The van der Waals surface area contributed by atoms with E-state index >= 15 is 0 Å². The number of nitrogens with zero attached hydrogens (tertiary/aromatic N) is 1. The third-order valence-corrected chi connectivity index (χ3v) is 11.8. The Morgan fingerprint density at radius 2 is 1.57 bits per heavy atom. The lowest BCUT2D eigenvalue weighted by molar-refractivity contribution is -0.135. The number of benzene rings is 1. The number of rotatable bonds is 13. The monoisotopic (exact) mass is 664 g/mol. The second-order valence-corrected chi connectivity index (χ2v) is 17.5. The summed E-state index contributed by atoms with van der Waals surface area (Å²) in [5.74, 6) is -0.879. The van der Waals surface area contributed by atoms with Crippen LogP contribution in [0, 0.1) is 11.8 Å². The van der Waals surface area contributed by atoms with E-state index in [0.29, 0.717) is 37.6 Å². The summed E-state index contributed by atoms with van der Waals surface area (Å²) in [6.07, 6.45) is 4.42. The van der Waals surface area contributed by atoms with E-state index in [1.54, 1.807) is 0 Å². The summed E-state index contributed by atoms with van der Waals surface area (Å²) in [5.41, 5.74) is 0.573. The van der Waals surface area contributed by atoms with Crippen LogP contribution in [0.3, 0.4) is 0 Å². The summed E-state index contributed by atoms with van der Waals surface area (Å²) in [7, 11) is -3.87. The van der Waals surface area contributed by atoms with Crippen molar-refractivity contribution in [3.05, 3.63) is 35.9 Å². The minimum Gasteiger partial charge on any atom is -0.390 e. The Bertz CT molecular complexity index is 1300. The number of amides is 3. The van der Waals surface area contributed by atoms with Crippen LogP contribution in [-0.2, 0) is 30.6 Å². The molecule has 1 saturated carbocycles. The normalized spacial score (nSPS) is 23.7. The molecule has 0 unspecified atom stereocenters. The van der Waals surface area contributed by atoms with E-state index in [4.69, 9.17) is 0 Å². The molecule has 3 amide bonds. The number of aliphatic hydroxyl groups is 2. The average molecular weight is 665 g/mol. The van der Waals surface area contributed by atoms with Gasteiger partial charge >= 0.3 is 0 Å². The van der Waals surface area contributed by atoms with Gasteiger partial charge in [0.25, 0.3) is 0 Å². The molecule has 46 heavy (non-hydrogen) atoms. The zero-order valence-electron chi connectivity index (χ0n) is 28.6. The Hall–Kier alpha value is -2.54. The van der Waals surface area contributed by atoms with Crippen molar-refractivity contribution in [3.8, 4) is 0 Å². The number of aryl methyl sites for hydroxylation is 1. The first-order chi connectivity index (χ1) is 21.3. The van der Waals surface area contributed by atoms with Crippen LogP contribution in [0.15, 0.2) is 30.3 Å². The predicted octanol–water partition coefficient (Wildman–Crippen LogP) is 1.95. The molecule has 2 fully saturated rings. The van der Waals surface area contributed by atoms with Gasteiger partial charge in [-0.3, -0.25) is 19.3 Å². The average Bonchev–Trinajstić information content (AvgIpc) is 2.96. The largest absolute Gasteiger partial charge is 0.390 e. The summed E-state index contributed by atoms with van der Waals surface area (Å²) in [6.45, 7) is 10.5. The van der Waals surface area contributed by atoms with E-state index in [9.17, 15) is 33.0 Å². The van der Waals surface area contributed by atoms with E-state index in [0.717, 1.165) is 37.5 Å². The standard InChI is InChI=1S/C34H56N4O7S/c1-22(39)30(41)36-29(34(5,6)46(7,44)45)32(43)35-26(18-17-23-13-9-8-10-14-23)28(40)21-38-20-25-16-12-11-15-24(25)19-27(38)31(42)37-33(2,3)4/h8-10,13-14,22,24-29,39-40H,11-12,15-21H2,1-7H3,(H,35,43)(H,36,41)(H,37,42)/t22-,24-,25+,26-,27-,28+,29+/m0/s1. The highest BCUT2D eigenvalue weighted by Crippen LogP contribution is 2.39. The highest BCUT2D eigenvalue weighted by Gasteiger charge is 2.46. The first-order valence-electron chi connectivity index (χ1n) is 16.6. The van der Waals surface area contributed by atoms with Gasteiger partial charge < -0.3 is 26.2 Å². The number of carbonyl (C=O) groups excluding carboxylic acids is 3. The van der Waals surface area contributed by atoms with Crippen LogP contribution in [-0.4, -0.2) is 101 Å². The summed E-state index contributed by atoms with van der Waals surface area (Å²) >= 11 is 0. The minimum atomic E-state index is -3.87. The predicted molar refractivity (Wildman–Crippen MR) is 179 cm³/mol. The van der Waals surface area contributed by atoms with E-state index in [1.807, 2.05) is 56.0 Å². The molecular weight excluding hydrogens is 608 g/mol. The summed E-state index contributed by atoms with van der Waals surface area (Å²) in [6, 6.07) is 6.81. The Morgan fingerprint density at radius 3 is 2.13 bits per heavy atom. The third kappa shape index (κ3) is 10.2. The maximum atomic E-state index is 13.9. The fourth-order valence-electron chi connectivity index (χ4n) is 6.62. The Labute approximate surface area is 275 Å². The molecule has 3 rings (SSSR count). The molecule has 0 aromatic heterocycles. The minimum absolute atomic E-state index is 0.0793. The molecule has 0 spiro atoms. The fourth-order valence-corrected chi connectivity index (χ4v) is 7.21. The molecule has 11 nitrogen and oxygen atoms in total. The van der Waals surface area contributed by atoms with Crippen LogP contribution in [0.25, 0.3) is 0 Å². The van der Waals surface area contributed by atoms with Crippen molar-refractivity contribution in [3.63, 3.8) is 0 Å². The second kappa shape index (κ2) is 15.6.